The summed E-state index contributed by atoms with van der Waals surface area (Å²) in [5.74, 6) is -0.581. The lowest BCUT2D eigenvalue weighted by Gasteiger charge is -2.21. The van der Waals surface area contributed by atoms with Crippen molar-refractivity contribution in [3.63, 3.8) is 0 Å². The smallest absolute Gasteiger partial charge is 0.462 e. The molecule has 0 amide bonds. The number of carbonyl (C=O) groups excluding carboxylic acids is 4. The van der Waals surface area contributed by atoms with Crippen LogP contribution in [0.3, 0.4) is 0 Å². The van der Waals surface area contributed by atoms with Crippen LogP contribution in [0.1, 0.15) is 395 Å². The number of unbranched alkanes of at least 4 members (excludes halogenated alkanes) is 44. The number of aliphatic hydroxyl groups excluding tert-OH is 1. The van der Waals surface area contributed by atoms with Gasteiger partial charge in [-0.05, 0) is 37.5 Å². The average Bonchev–Trinajstić information content (AvgIpc) is 3.71. The predicted molar refractivity (Wildman–Crippen MR) is 386 cm³/mol. The summed E-state index contributed by atoms with van der Waals surface area (Å²) in [6.07, 6.45) is 55.8. The van der Waals surface area contributed by atoms with Crippen molar-refractivity contribution < 1.29 is 80.2 Å². The maximum Gasteiger partial charge on any atom is 0.472 e. The number of phosphoric ester groups is 2. The molecule has 0 aliphatic carbocycles. The third-order valence-electron chi connectivity index (χ3n) is 18.1. The number of ether oxygens (including phenoxy) is 4. The Balaban J connectivity index is 5.16. The maximum absolute atomic E-state index is 13.1. The van der Waals surface area contributed by atoms with E-state index in [2.05, 4.69) is 41.5 Å². The van der Waals surface area contributed by atoms with Gasteiger partial charge in [-0.1, -0.05) is 343 Å². The molecule has 95 heavy (non-hydrogen) atoms. The molecule has 0 saturated heterocycles. The highest BCUT2D eigenvalue weighted by atomic mass is 31.2. The van der Waals surface area contributed by atoms with E-state index in [1.165, 1.54) is 212 Å². The first-order valence-electron chi connectivity index (χ1n) is 39.5. The zero-order chi connectivity index (χ0) is 70.0. The molecular weight excluding hydrogens is 1250 g/mol. The molecule has 0 bridgehead atoms. The molecule has 3 N–H and O–H groups in total. The van der Waals surface area contributed by atoms with Crippen LogP contribution in [0.15, 0.2) is 0 Å². The Kier molecular flexibility index (Phi) is 66.5. The predicted octanol–water partition coefficient (Wildman–Crippen LogP) is 22.3. The lowest BCUT2D eigenvalue weighted by atomic mass is 9.99. The SMILES string of the molecule is CCCCCCCCCCCCCCCCCC(=O)OC[C@H](COP(=O)(O)OC[C@@H](O)COP(=O)(O)OC[C@@H](COC(=O)CCCCCCCCCCC)OC(=O)CCCCCCCCC(C)C)OC(=O)CCCCCCCCCCCCCCCCCCCCC(C)CC. The van der Waals surface area contributed by atoms with Crippen LogP contribution in [0.4, 0.5) is 0 Å². The van der Waals surface area contributed by atoms with Gasteiger partial charge in [-0.25, -0.2) is 9.13 Å². The lowest BCUT2D eigenvalue weighted by molar-refractivity contribution is -0.161. The van der Waals surface area contributed by atoms with Crippen molar-refractivity contribution in [3.05, 3.63) is 0 Å². The standard InChI is InChI=1S/C76H148O17P2/c1-7-10-12-14-16-18-19-20-25-29-32-36-40-47-53-59-74(79)87-64-71(92-75(80)60-54-48-41-37-33-30-27-24-22-21-23-26-28-31-35-38-45-51-57-69(6)9-3)66-90-94(82,83)88-62-70(77)63-89-95(84,85)91-67-72(93-76(81)61-55-49-43-42-44-50-56-68(4)5)65-86-73(78)58-52-46-39-34-17-15-13-11-8-2/h68-72,77H,7-67H2,1-6H3,(H,82,83)(H,84,85)/t69?,70-,71-,72-/m1/s1. The Bertz CT molecular complexity index is 1840. The van der Waals surface area contributed by atoms with Gasteiger partial charge in [0.05, 0.1) is 26.4 Å². The summed E-state index contributed by atoms with van der Waals surface area (Å²) < 4.78 is 68.4. The minimum absolute atomic E-state index is 0.102. The first kappa shape index (κ1) is 93.1. The van der Waals surface area contributed by atoms with Gasteiger partial charge < -0.3 is 33.8 Å². The van der Waals surface area contributed by atoms with Crippen molar-refractivity contribution in [3.8, 4) is 0 Å². The molecule has 0 aromatic rings. The summed E-state index contributed by atoms with van der Waals surface area (Å²) in [6.45, 7) is 9.55. The van der Waals surface area contributed by atoms with Gasteiger partial charge in [-0.2, -0.15) is 0 Å². The second-order valence-corrected chi connectivity index (χ2v) is 31.0. The molecule has 0 aromatic carbocycles. The molecule has 0 saturated carbocycles. The van der Waals surface area contributed by atoms with E-state index < -0.39 is 97.5 Å². The highest BCUT2D eigenvalue weighted by Gasteiger charge is 2.30. The lowest BCUT2D eigenvalue weighted by Crippen LogP contribution is -2.30. The van der Waals surface area contributed by atoms with Gasteiger partial charge in [-0.15, -0.1) is 0 Å². The van der Waals surface area contributed by atoms with Gasteiger partial charge in [0.1, 0.15) is 19.3 Å². The number of phosphoric acid groups is 2. The van der Waals surface area contributed by atoms with Gasteiger partial charge in [-0.3, -0.25) is 37.3 Å². The van der Waals surface area contributed by atoms with E-state index in [0.717, 1.165) is 95.8 Å². The number of hydrogen-bond acceptors (Lipinski definition) is 15. The van der Waals surface area contributed by atoms with Crippen LogP contribution in [-0.4, -0.2) is 96.7 Å². The summed E-state index contributed by atoms with van der Waals surface area (Å²) in [4.78, 5) is 72.6. The molecule has 0 aliphatic heterocycles. The molecule has 3 unspecified atom stereocenters. The molecule has 19 heteroatoms. The minimum Gasteiger partial charge on any atom is -0.462 e. The molecule has 0 aromatic heterocycles. The van der Waals surface area contributed by atoms with Crippen LogP contribution in [-0.2, 0) is 65.4 Å². The number of carbonyl (C=O) groups is 4. The fourth-order valence-electron chi connectivity index (χ4n) is 11.6. The van der Waals surface area contributed by atoms with Crippen LogP contribution in [0.2, 0.25) is 0 Å². The van der Waals surface area contributed by atoms with E-state index in [1.807, 2.05) is 0 Å². The van der Waals surface area contributed by atoms with Crippen LogP contribution in [0, 0.1) is 11.8 Å². The first-order valence-corrected chi connectivity index (χ1v) is 42.5. The van der Waals surface area contributed by atoms with E-state index >= 15 is 0 Å². The Morgan fingerprint density at radius 1 is 0.305 bits per heavy atom. The van der Waals surface area contributed by atoms with Gasteiger partial charge in [0.25, 0.3) is 0 Å². The normalized spacial score (nSPS) is 14.3. The van der Waals surface area contributed by atoms with E-state index in [0.29, 0.717) is 31.6 Å². The van der Waals surface area contributed by atoms with E-state index in [1.54, 1.807) is 0 Å². The highest BCUT2D eigenvalue weighted by molar-refractivity contribution is 7.47. The second kappa shape index (κ2) is 67.9. The largest absolute Gasteiger partial charge is 0.472 e. The van der Waals surface area contributed by atoms with E-state index in [4.69, 9.17) is 37.0 Å². The highest BCUT2D eigenvalue weighted by Crippen LogP contribution is 2.45. The Labute approximate surface area is 581 Å². The van der Waals surface area contributed by atoms with Crippen molar-refractivity contribution >= 4 is 39.5 Å². The second-order valence-electron chi connectivity index (χ2n) is 28.1. The monoisotopic (exact) mass is 1400 g/mol. The topological polar surface area (TPSA) is 237 Å². The summed E-state index contributed by atoms with van der Waals surface area (Å²) in [7, 11) is -9.90. The summed E-state index contributed by atoms with van der Waals surface area (Å²) in [5, 5.41) is 10.6. The number of hydrogen-bond donors (Lipinski definition) is 3. The van der Waals surface area contributed by atoms with Gasteiger partial charge in [0.2, 0.25) is 0 Å². The molecule has 564 valence electrons. The molecule has 0 heterocycles. The quantitative estimate of drug-likeness (QED) is 0.0222. The van der Waals surface area contributed by atoms with E-state index in [-0.39, 0.29) is 25.7 Å². The van der Waals surface area contributed by atoms with Gasteiger partial charge >= 0.3 is 39.5 Å². The third-order valence-corrected chi connectivity index (χ3v) is 20.0. The Morgan fingerprint density at radius 3 is 0.800 bits per heavy atom. The molecule has 0 aliphatic rings. The van der Waals surface area contributed by atoms with Crippen LogP contribution in [0.25, 0.3) is 0 Å². The molecule has 0 spiro atoms. The van der Waals surface area contributed by atoms with Crippen molar-refractivity contribution in [1.82, 2.24) is 0 Å². The van der Waals surface area contributed by atoms with Crippen molar-refractivity contribution in [2.24, 2.45) is 11.8 Å². The molecule has 0 fully saturated rings. The van der Waals surface area contributed by atoms with E-state index in [9.17, 15) is 43.2 Å². The molecule has 0 radical (unpaired) electrons. The maximum atomic E-state index is 13.1. The van der Waals surface area contributed by atoms with Crippen molar-refractivity contribution in [2.45, 2.75) is 413 Å². The third kappa shape index (κ3) is 69.0. The van der Waals surface area contributed by atoms with Crippen LogP contribution in [0.5, 0.6) is 0 Å². The Hall–Kier alpha value is -1.94. The zero-order valence-electron chi connectivity index (χ0n) is 62.0. The molecule has 6 atom stereocenters. The summed E-state index contributed by atoms with van der Waals surface area (Å²) in [5.41, 5.74) is 0. The van der Waals surface area contributed by atoms with Crippen LogP contribution < -0.4 is 0 Å². The molecular formula is C76H148O17P2. The Morgan fingerprint density at radius 2 is 0.537 bits per heavy atom. The van der Waals surface area contributed by atoms with Gasteiger partial charge in [0.15, 0.2) is 12.2 Å². The zero-order valence-corrected chi connectivity index (χ0v) is 63.8. The van der Waals surface area contributed by atoms with Crippen LogP contribution >= 0.6 is 15.6 Å². The first-order chi connectivity index (χ1) is 45.9. The summed E-state index contributed by atoms with van der Waals surface area (Å²) in [6, 6.07) is 0. The van der Waals surface area contributed by atoms with Crippen molar-refractivity contribution in [1.29, 1.82) is 0 Å². The van der Waals surface area contributed by atoms with Crippen molar-refractivity contribution in [2.75, 3.05) is 39.6 Å². The number of esters is 4. The number of aliphatic hydroxyl groups is 1. The minimum atomic E-state index is -4.96. The summed E-state index contributed by atoms with van der Waals surface area (Å²) >= 11 is 0. The van der Waals surface area contributed by atoms with Gasteiger partial charge in [0, 0.05) is 25.7 Å². The fourth-order valence-corrected chi connectivity index (χ4v) is 13.2. The molecule has 0 rings (SSSR count). The molecule has 17 nitrogen and oxygen atoms in total. The number of rotatable bonds is 75. The average molecular weight is 1400 g/mol. The fraction of sp³-hybridized carbons (Fsp3) is 0.947.